The minimum Gasteiger partial charge on any atom is -0.508 e. The van der Waals surface area contributed by atoms with E-state index in [2.05, 4.69) is 0 Å². The maximum atomic E-state index is 9.72. The fourth-order valence-corrected chi connectivity index (χ4v) is 1.93. The molecule has 0 amide bonds. The molecule has 0 saturated heterocycles. The molecule has 1 saturated carbocycles. The summed E-state index contributed by atoms with van der Waals surface area (Å²) in [4.78, 5) is 1.05. The van der Waals surface area contributed by atoms with Gasteiger partial charge in [-0.05, 0) is 36.8 Å². The van der Waals surface area contributed by atoms with Crippen LogP contribution in [-0.2, 0) is 6.42 Å². The van der Waals surface area contributed by atoms with Gasteiger partial charge in [-0.1, -0.05) is 6.07 Å². The summed E-state index contributed by atoms with van der Waals surface area (Å²) >= 11 is 1.60. The van der Waals surface area contributed by atoms with Crippen molar-refractivity contribution in [1.82, 2.24) is 0 Å². The Hall–Kier alpha value is -0.670. The molecule has 0 spiro atoms. The molecule has 1 aliphatic rings. The quantitative estimate of drug-likeness (QED) is 0.751. The summed E-state index contributed by atoms with van der Waals surface area (Å²) in [7, 11) is 0. The van der Waals surface area contributed by atoms with Crippen LogP contribution in [0.15, 0.2) is 23.1 Å². The van der Waals surface area contributed by atoms with Gasteiger partial charge in [-0.15, -0.1) is 11.8 Å². The van der Waals surface area contributed by atoms with Crippen molar-refractivity contribution in [1.29, 1.82) is 0 Å². The summed E-state index contributed by atoms with van der Waals surface area (Å²) in [6.07, 6.45) is 4.27. The number of hydrogen-bond donors (Lipinski definition) is 2. The Bertz CT molecular complexity index is 345. The number of rotatable bonds is 3. The Kier molecular flexibility index (Phi) is 2.45. The van der Waals surface area contributed by atoms with Crippen LogP contribution in [0.2, 0.25) is 0 Å². The molecule has 0 heterocycles. The first-order valence-electron chi connectivity index (χ1n) is 4.71. The number of phenolic OH excluding ortho intramolecular Hbond substituents is 1. The lowest BCUT2D eigenvalue weighted by Crippen LogP contribution is -2.10. The highest BCUT2D eigenvalue weighted by Gasteiger charge is 2.40. The van der Waals surface area contributed by atoms with E-state index in [1.54, 1.807) is 17.8 Å². The van der Waals surface area contributed by atoms with E-state index in [-0.39, 0.29) is 0 Å². The van der Waals surface area contributed by atoms with Crippen LogP contribution in [0.1, 0.15) is 18.4 Å². The predicted octanol–water partition coefficient (Wildman–Crippen LogP) is 2.18. The van der Waals surface area contributed by atoms with Crippen LogP contribution in [0.5, 0.6) is 5.75 Å². The Morgan fingerprint density at radius 1 is 1.43 bits per heavy atom. The third-order valence-electron chi connectivity index (χ3n) is 2.64. The third kappa shape index (κ3) is 2.04. The number of phenols is 1. The molecule has 0 aromatic heterocycles. The summed E-state index contributed by atoms with van der Waals surface area (Å²) in [5.74, 6) is 0.303. The zero-order valence-corrected chi connectivity index (χ0v) is 8.97. The lowest BCUT2D eigenvalue weighted by Gasteiger charge is -2.09. The van der Waals surface area contributed by atoms with Crippen molar-refractivity contribution in [2.45, 2.75) is 29.8 Å². The molecule has 1 aromatic rings. The van der Waals surface area contributed by atoms with Crippen molar-refractivity contribution >= 4 is 11.8 Å². The van der Waals surface area contributed by atoms with Crippen LogP contribution in [0.4, 0.5) is 0 Å². The van der Waals surface area contributed by atoms with Gasteiger partial charge < -0.3 is 10.2 Å². The summed E-state index contributed by atoms with van der Waals surface area (Å²) in [5.41, 5.74) is 0.320. The maximum absolute atomic E-state index is 9.72. The van der Waals surface area contributed by atoms with E-state index in [1.165, 1.54) is 0 Å². The fourth-order valence-electron chi connectivity index (χ4n) is 1.50. The summed E-state index contributed by atoms with van der Waals surface area (Å²) in [5, 5.41) is 19.4. The van der Waals surface area contributed by atoms with Crippen molar-refractivity contribution in [3.63, 3.8) is 0 Å². The van der Waals surface area contributed by atoms with Crippen molar-refractivity contribution in [2.24, 2.45) is 0 Å². The lowest BCUT2D eigenvalue weighted by atomic mass is 10.1. The highest BCUT2D eigenvalue weighted by atomic mass is 32.2. The normalized spacial score (nSPS) is 18.1. The lowest BCUT2D eigenvalue weighted by molar-refractivity contribution is 0.150. The van der Waals surface area contributed by atoms with E-state index >= 15 is 0 Å². The predicted molar refractivity (Wildman–Crippen MR) is 57.8 cm³/mol. The molecular weight excluding hydrogens is 196 g/mol. The Morgan fingerprint density at radius 3 is 2.64 bits per heavy atom. The fraction of sp³-hybridized carbons (Fsp3) is 0.455. The van der Waals surface area contributed by atoms with E-state index in [9.17, 15) is 10.2 Å². The molecule has 2 nitrogen and oxygen atoms in total. The number of hydrogen-bond acceptors (Lipinski definition) is 3. The van der Waals surface area contributed by atoms with Gasteiger partial charge in [0.15, 0.2) is 0 Å². The second-order valence-corrected chi connectivity index (χ2v) is 4.78. The molecule has 0 bridgehead atoms. The first-order chi connectivity index (χ1) is 6.63. The highest BCUT2D eigenvalue weighted by Crippen LogP contribution is 2.40. The van der Waals surface area contributed by atoms with Gasteiger partial charge >= 0.3 is 0 Å². The monoisotopic (exact) mass is 210 g/mol. The molecule has 1 aromatic carbocycles. The minimum absolute atomic E-state index is 0.303. The summed E-state index contributed by atoms with van der Waals surface area (Å²) in [6, 6.07) is 5.63. The molecule has 1 fully saturated rings. The Morgan fingerprint density at radius 2 is 2.14 bits per heavy atom. The average Bonchev–Trinajstić information content (AvgIpc) is 2.88. The van der Waals surface area contributed by atoms with Crippen LogP contribution in [0.25, 0.3) is 0 Å². The standard InChI is InChI=1S/C11H14O2S/c1-14-9-3-2-8(10(12)6-9)7-11(13)4-5-11/h2-3,6,12-13H,4-5,7H2,1H3. The van der Waals surface area contributed by atoms with Crippen LogP contribution < -0.4 is 0 Å². The van der Waals surface area contributed by atoms with Crippen molar-refractivity contribution in [3.8, 4) is 5.75 Å². The minimum atomic E-state index is -0.529. The molecule has 0 radical (unpaired) electrons. The summed E-state index contributed by atoms with van der Waals surface area (Å²) in [6.45, 7) is 0. The van der Waals surface area contributed by atoms with Gasteiger partial charge in [0.05, 0.1) is 5.60 Å². The van der Waals surface area contributed by atoms with Crippen molar-refractivity contribution in [3.05, 3.63) is 23.8 Å². The number of aliphatic hydroxyl groups is 1. The van der Waals surface area contributed by atoms with Crippen LogP contribution in [0.3, 0.4) is 0 Å². The van der Waals surface area contributed by atoms with Gasteiger partial charge in [0.1, 0.15) is 5.75 Å². The first kappa shape index (κ1) is 9.87. The summed E-state index contributed by atoms with van der Waals surface area (Å²) < 4.78 is 0. The second-order valence-electron chi connectivity index (χ2n) is 3.90. The number of thioether (sulfide) groups is 1. The second kappa shape index (κ2) is 3.48. The smallest absolute Gasteiger partial charge is 0.119 e. The molecule has 2 N–H and O–H groups in total. The van der Waals surface area contributed by atoms with E-state index < -0.39 is 5.60 Å². The topological polar surface area (TPSA) is 40.5 Å². The maximum Gasteiger partial charge on any atom is 0.119 e. The number of aromatic hydroxyl groups is 1. The van der Waals surface area contributed by atoms with Gasteiger partial charge in [-0.25, -0.2) is 0 Å². The average molecular weight is 210 g/mol. The molecule has 1 aliphatic carbocycles. The van der Waals surface area contributed by atoms with E-state index in [4.69, 9.17) is 0 Å². The van der Waals surface area contributed by atoms with Gasteiger partial charge in [-0.3, -0.25) is 0 Å². The van der Waals surface area contributed by atoms with Gasteiger partial charge in [0.25, 0.3) is 0 Å². The first-order valence-corrected chi connectivity index (χ1v) is 5.94. The molecular formula is C11H14O2S. The van der Waals surface area contributed by atoms with Gasteiger partial charge in [-0.2, -0.15) is 0 Å². The number of benzene rings is 1. The molecule has 0 atom stereocenters. The van der Waals surface area contributed by atoms with Crippen LogP contribution in [0, 0.1) is 0 Å². The molecule has 3 heteroatoms. The van der Waals surface area contributed by atoms with E-state index in [0.717, 1.165) is 23.3 Å². The van der Waals surface area contributed by atoms with E-state index in [1.807, 2.05) is 18.4 Å². The van der Waals surface area contributed by atoms with Crippen LogP contribution in [-0.4, -0.2) is 22.1 Å². The molecule has 76 valence electrons. The van der Waals surface area contributed by atoms with Crippen LogP contribution >= 0.6 is 11.8 Å². The molecule has 14 heavy (non-hydrogen) atoms. The zero-order chi connectivity index (χ0) is 10.2. The Balaban J connectivity index is 2.17. The SMILES string of the molecule is CSc1ccc(CC2(O)CC2)c(O)c1. The Labute approximate surface area is 88.0 Å². The van der Waals surface area contributed by atoms with E-state index in [0.29, 0.717) is 12.2 Å². The zero-order valence-electron chi connectivity index (χ0n) is 8.16. The van der Waals surface area contributed by atoms with Crippen molar-refractivity contribution < 1.29 is 10.2 Å². The van der Waals surface area contributed by atoms with Gasteiger partial charge in [0, 0.05) is 11.3 Å². The molecule has 2 rings (SSSR count). The molecule has 0 aliphatic heterocycles. The van der Waals surface area contributed by atoms with Crippen molar-refractivity contribution in [2.75, 3.05) is 6.26 Å². The largest absolute Gasteiger partial charge is 0.508 e. The molecule has 0 unspecified atom stereocenters. The third-order valence-corrected chi connectivity index (χ3v) is 3.36. The van der Waals surface area contributed by atoms with Gasteiger partial charge in [0.2, 0.25) is 0 Å². The highest BCUT2D eigenvalue weighted by molar-refractivity contribution is 7.98.